The van der Waals surface area contributed by atoms with Crippen LogP contribution in [-0.4, -0.2) is 22.0 Å². The van der Waals surface area contributed by atoms with E-state index in [-0.39, 0.29) is 22.0 Å². The predicted octanol–water partition coefficient (Wildman–Crippen LogP) is 3.65. The van der Waals surface area contributed by atoms with Crippen molar-refractivity contribution >= 4 is 57.8 Å². The summed E-state index contributed by atoms with van der Waals surface area (Å²) in [7, 11) is 0. The maximum atomic E-state index is 12.3. The molecule has 146 valence electrons. The molecule has 0 heterocycles. The van der Waals surface area contributed by atoms with Gasteiger partial charge in [0.1, 0.15) is 0 Å². The maximum Gasteiger partial charge on any atom is 0.257 e. The highest BCUT2D eigenvalue weighted by Gasteiger charge is 2.09. The second kappa shape index (κ2) is 9.91. The first-order valence-corrected chi connectivity index (χ1v) is 9.50. The summed E-state index contributed by atoms with van der Waals surface area (Å²) < 4.78 is 0. The zero-order valence-electron chi connectivity index (χ0n) is 15.9. The second-order valence-corrected chi connectivity index (χ2v) is 6.96. The Morgan fingerprint density at radius 2 is 1.36 bits per heavy atom. The van der Waals surface area contributed by atoms with Gasteiger partial charge in [0.05, 0.1) is 0 Å². The number of carbonyl (C=O) groups excluding carboxylic acids is 2. The third kappa shape index (κ3) is 6.40. The summed E-state index contributed by atoms with van der Waals surface area (Å²) >= 11 is 10.3. The Morgan fingerprint density at radius 1 is 0.821 bits per heavy atom. The van der Waals surface area contributed by atoms with Crippen LogP contribution in [-0.2, 0) is 4.79 Å². The van der Waals surface area contributed by atoms with Crippen LogP contribution in [0.1, 0.15) is 34.8 Å². The topological polar surface area (TPSA) is 82.3 Å². The molecule has 8 heteroatoms. The Hall–Kier alpha value is -2.84. The number of amides is 2. The Bertz CT molecular complexity index is 911. The van der Waals surface area contributed by atoms with Gasteiger partial charge in [-0.05, 0) is 85.8 Å². The fraction of sp³-hybridized carbons (Fsp3) is 0.200. The fourth-order valence-corrected chi connectivity index (χ4v) is 2.68. The highest BCUT2D eigenvalue weighted by molar-refractivity contribution is 7.80. The van der Waals surface area contributed by atoms with E-state index in [4.69, 9.17) is 24.4 Å². The number of benzene rings is 2. The maximum absolute atomic E-state index is 12.3. The summed E-state index contributed by atoms with van der Waals surface area (Å²) in [4.78, 5) is 23.6. The standard InChI is InChI=1S/C20H22N4O2S2/c1-4-17(25)23-19(27)21-15-7-9-16(10-8-15)22-20(28)24-18(26)14-6-5-12(2)13(3)11-14/h5-11H,4H2,1-3H3,(H2,21,23,25,27)(H2,22,24,26,28). The molecule has 2 aromatic carbocycles. The number of hydrogen-bond donors (Lipinski definition) is 4. The van der Waals surface area contributed by atoms with Gasteiger partial charge in [-0.25, -0.2) is 0 Å². The summed E-state index contributed by atoms with van der Waals surface area (Å²) in [6, 6.07) is 12.6. The molecule has 0 aliphatic carbocycles. The molecule has 0 saturated heterocycles. The zero-order chi connectivity index (χ0) is 20.7. The minimum atomic E-state index is -0.268. The molecule has 0 aromatic heterocycles. The van der Waals surface area contributed by atoms with Crippen LogP contribution in [0.4, 0.5) is 11.4 Å². The molecular formula is C20H22N4O2S2. The summed E-state index contributed by atoms with van der Waals surface area (Å²) in [5.74, 6) is -0.420. The van der Waals surface area contributed by atoms with Crippen molar-refractivity contribution in [3.8, 4) is 0 Å². The quantitative estimate of drug-likeness (QED) is 0.572. The van der Waals surface area contributed by atoms with Crippen LogP contribution in [0.15, 0.2) is 42.5 Å². The van der Waals surface area contributed by atoms with Gasteiger partial charge in [-0.15, -0.1) is 0 Å². The number of anilines is 2. The summed E-state index contributed by atoms with van der Waals surface area (Å²) in [5.41, 5.74) is 4.15. The van der Waals surface area contributed by atoms with Crippen molar-refractivity contribution in [2.45, 2.75) is 27.2 Å². The molecule has 0 aliphatic rings. The van der Waals surface area contributed by atoms with Gasteiger partial charge in [-0.2, -0.15) is 0 Å². The Morgan fingerprint density at radius 3 is 1.86 bits per heavy atom. The monoisotopic (exact) mass is 414 g/mol. The smallest absolute Gasteiger partial charge is 0.257 e. The highest BCUT2D eigenvalue weighted by atomic mass is 32.1. The van der Waals surface area contributed by atoms with Crippen LogP contribution >= 0.6 is 24.4 Å². The van der Waals surface area contributed by atoms with Gasteiger partial charge >= 0.3 is 0 Å². The first kappa shape index (κ1) is 21.5. The van der Waals surface area contributed by atoms with E-state index in [0.717, 1.165) is 16.8 Å². The third-order valence-corrected chi connectivity index (χ3v) is 4.38. The Balaban J connectivity index is 1.89. The van der Waals surface area contributed by atoms with Gasteiger partial charge in [-0.1, -0.05) is 13.0 Å². The zero-order valence-corrected chi connectivity index (χ0v) is 17.5. The summed E-state index contributed by atoms with van der Waals surface area (Å²) in [5, 5.41) is 11.6. The summed E-state index contributed by atoms with van der Waals surface area (Å²) in [6.45, 7) is 5.70. The molecule has 2 amide bonds. The van der Waals surface area contributed by atoms with E-state index >= 15 is 0 Å². The molecular weight excluding hydrogens is 392 g/mol. The highest BCUT2D eigenvalue weighted by Crippen LogP contribution is 2.14. The number of carbonyl (C=O) groups is 2. The van der Waals surface area contributed by atoms with E-state index in [1.807, 2.05) is 26.0 Å². The number of thiocarbonyl (C=S) groups is 2. The molecule has 2 rings (SSSR count). The molecule has 6 nitrogen and oxygen atoms in total. The first-order valence-electron chi connectivity index (χ1n) is 8.69. The lowest BCUT2D eigenvalue weighted by atomic mass is 10.1. The van der Waals surface area contributed by atoms with E-state index in [1.54, 1.807) is 37.3 Å². The van der Waals surface area contributed by atoms with Crippen molar-refractivity contribution in [2.24, 2.45) is 0 Å². The van der Waals surface area contributed by atoms with Crippen LogP contribution < -0.4 is 21.3 Å². The van der Waals surface area contributed by atoms with Crippen molar-refractivity contribution in [2.75, 3.05) is 10.6 Å². The van der Waals surface area contributed by atoms with Crippen LogP contribution in [0.5, 0.6) is 0 Å². The molecule has 4 N–H and O–H groups in total. The largest absolute Gasteiger partial charge is 0.332 e. The molecule has 0 spiro atoms. The molecule has 0 radical (unpaired) electrons. The lowest BCUT2D eigenvalue weighted by Gasteiger charge is -2.12. The van der Waals surface area contributed by atoms with Gasteiger partial charge in [0.2, 0.25) is 5.91 Å². The summed E-state index contributed by atoms with van der Waals surface area (Å²) in [6.07, 6.45) is 0.357. The number of rotatable bonds is 4. The number of aryl methyl sites for hydroxylation is 2. The minimum absolute atomic E-state index is 0.152. The van der Waals surface area contributed by atoms with E-state index < -0.39 is 0 Å². The van der Waals surface area contributed by atoms with Crippen molar-refractivity contribution < 1.29 is 9.59 Å². The van der Waals surface area contributed by atoms with E-state index in [0.29, 0.717) is 17.7 Å². The van der Waals surface area contributed by atoms with Gasteiger partial charge < -0.3 is 16.0 Å². The minimum Gasteiger partial charge on any atom is -0.332 e. The average molecular weight is 415 g/mol. The molecule has 0 aliphatic heterocycles. The molecule has 0 fully saturated rings. The van der Waals surface area contributed by atoms with Gasteiger partial charge in [0.25, 0.3) is 5.91 Å². The van der Waals surface area contributed by atoms with E-state index in [1.165, 1.54) is 0 Å². The van der Waals surface area contributed by atoms with Gasteiger partial charge in [-0.3, -0.25) is 14.9 Å². The molecule has 2 aromatic rings. The fourth-order valence-electron chi connectivity index (χ4n) is 2.23. The van der Waals surface area contributed by atoms with Crippen LogP contribution in [0.2, 0.25) is 0 Å². The van der Waals surface area contributed by atoms with Crippen molar-refractivity contribution in [1.82, 2.24) is 10.6 Å². The Kier molecular flexibility index (Phi) is 7.60. The lowest BCUT2D eigenvalue weighted by Crippen LogP contribution is -2.34. The average Bonchev–Trinajstić information content (AvgIpc) is 2.65. The normalized spacial score (nSPS) is 9.96. The van der Waals surface area contributed by atoms with Gasteiger partial charge in [0, 0.05) is 23.4 Å². The van der Waals surface area contributed by atoms with Crippen LogP contribution in [0, 0.1) is 13.8 Å². The second-order valence-electron chi connectivity index (χ2n) is 6.14. The van der Waals surface area contributed by atoms with Crippen molar-refractivity contribution in [3.63, 3.8) is 0 Å². The first-order chi connectivity index (χ1) is 13.3. The Labute approximate surface area is 175 Å². The third-order valence-electron chi connectivity index (χ3n) is 3.97. The van der Waals surface area contributed by atoms with Crippen molar-refractivity contribution in [1.29, 1.82) is 0 Å². The number of nitrogens with one attached hydrogen (secondary N) is 4. The molecule has 0 bridgehead atoms. The van der Waals surface area contributed by atoms with E-state index in [9.17, 15) is 9.59 Å². The van der Waals surface area contributed by atoms with Crippen molar-refractivity contribution in [3.05, 3.63) is 59.2 Å². The predicted molar refractivity (Wildman–Crippen MR) is 121 cm³/mol. The molecule has 0 saturated carbocycles. The van der Waals surface area contributed by atoms with Crippen LogP contribution in [0.3, 0.4) is 0 Å². The van der Waals surface area contributed by atoms with Crippen LogP contribution in [0.25, 0.3) is 0 Å². The van der Waals surface area contributed by atoms with Gasteiger partial charge in [0.15, 0.2) is 10.2 Å². The number of hydrogen-bond acceptors (Lipinski definition) is 4. The van der Waals surface area contributed by atoms with E-state index in [2.05, 4.69) is 21.3 Å². The lowest BCUT2D eigenvalue weighted by molar-refractivity contribution is -0.119. The molecule has 0 unspecified atom stereocenters. The SMILES string of the molecule is CCC(=O)NC(=S)Nc1ccc(NC(=S)NC(=O)c2ccc(C)c(C)c2)cc1. The molecule has 0 atom stereocenters. The molecule has 28 heavy (non-hydrogen) atoms.